The normalized spacial score (nSPS) is 10.5. The lowest BCUT2D eigenvalue weighted by Crippen LogP contribution is -1.87. The van der Waals surface area contributed by atoms with Gasteiger partial charge in [-0.15, -0.1) is 0 Å². The van der Waals surface area contributed by atoms with Crippen LogP contribution in [0.25, 0.3) is 0 Å². The first-order valence-electron chi connectivity index (χ1n) is 3.91. The van der Waals surface area contributed by atoms with Crippen LogP contribution in [0.1, 0.15) is 18.2 Å². The Labute approximate surface area is 72.1 Å². The Morgan fingerprint density at radius 3 is 3.00 bits per heavy atom. The number of nitrogens with zero attached hydrogens (tertiary/aromatic N) is 2. The van der Waals surface area contributed by atoms with E-state index in [0.29, 0.717) is 6.61 Å². The molecule has 0 fully saturated rings. The van der Waals surface area contributed by atoms with Crippen molar-refractivity contribution >= 4 is 6.21 Å². The van der Waals surface area contributed by atoms with Gasteiger partial charge in [-0.05, 0) is 26.0 Å². The van der Waals surface area contributed by atoms with Crippen LogP contribution in [0.5, 0.6) is 0 Å². The number of pyridine rings is 1. The Kier molecular flexibility index (Phi) is 3.26. The van der Waals surface area contributed by atoms with Crippen LogP contribution < -0.4 is 0 Å². The van der Waals surface area contributed by atoms with E-state index in [1.54, 1.807) is 12.4 Å². The highest BCUT2D eigenvalue weighted by Crippen LogP contribution is 1.95. The van der Waals surface area contributed by atoms with Gasteiger partial charge in [0.1, 0.15) is 6.61 Å². The van der Waals surface area contributed by atoms with Crippen molar-refractivity contribution < 1.29 is 4.84 Å². The van der Waals surface area contributed by atoms with Crippen molar-refractivity contribution in [2.45, 2.75) is 13.8 Å². The van der Waals surface area contributed by atoms with Crippen molar-refractivity contribution in [2.24, 2.45) is 5.16 Å². The zero-order valence-electron chi connectivity index (χ0n) is 7.32. The van der Waals surface area contributed by atoms with Crippen LogP contribution in [0.15, 0.2) is 23.5 Å². The summed E-state index contributed by atoms with van der Waals surface area (Å²) in [5.41, 5.74) is 1.96. The molecule has 0 unspecified atom stereocenters. The molecular formula is C9H12N2O. The molecule has 0 amide bonds. The van der Waals surface area contributed by atoms with Gasteiger partial charge in [0.15, 0.2) is 0 Å². The van der Waals surface area contributed by atoms with Gasteiger partial charge < -0.3 is 4.84 Å². The largest absolute Gasteiger partial charge is 0.396 e. The third-order valence-electron chi connectivity index (χ3n) is 1.34. The summed E-state index contributed by atoms with van der Waals surface area (Å²) in [6, 6.07) is 3.89. The van der Waals surface area contributed by atoms with Gasteiger partial charge in [0, 0.05) is 17.5 Å². The highest BCUT2D eigenvalue weighted by molar-refractivity contribution is 5.78. The molecule has 0 aliphatic heterocycles. The summed E-state index contributed by atoms with van der Waals surface area (Å²) in [5.74, 6) is 0. The molecule has 3 heteroatoms. The molecule has 0 aromatic carbocycles. The average Bonchev–Trinajstić information content (AvgIpc) is 2.09. The molecule has 12 heavy (non-hydrogen) atoms. The van der Waals surface area contributed by atoms with Crippen LogP contribution in [0.3, 0.4) is 0 Å². The van der Waals surface area contributed by atoms with E-state index in [4.69, 9.17) is 4.84 Å². The van der Waals surface area contributed by atoms with Crippen molar-refractivity contribution in [3.63, 3.8) is 0 Å². The highest BCUT2D eigenvalue weighted by Gasteiger charge is 1.87. The molecule has 0 radical (unpaired) electrons. The van der Waals surface area contributed by atoms with Crippen LogP contribution >= 0.6 is 0 Å². The molecule has 1 heterocycles. The van der Waals surface area contributed by atoms with Gasteiger partial charge in [0.2, 0.25) is 0 Å². The predicted octanol–water partition coefficient (Wildman–Crippen LogP) is 1.76. The number of aromatic nitrogens is 1. The van der Waals surface area contributed by atoms with Gasteiger partial charge in [-0.1, -0.05) is 5.16 Å². The molecule has 3 nitrogen and oxygen atoms in total. The fraction of sp³-hybridized carbons (Fsp3) is 0.333. The zero-order chi connectivity index (χ0) is 8.81. The molecule has 0 aliphatic carbocycles. The number of rotatable bonds is 3. The Balaban J connectivity index is 2.58. The summed E-state index contributed by atoms with van der Waals surface area (Å²) in [5, 5.41) is 3.72. The van der Waals surface area contributed by atoms with Crippen molar-refractivity contribution in [3.05, 3.63) is 29.6 Å². The molecule has 0 N–H and O–H groups in total. The maximum absolute atomic E-state index is 4.81. The van der Waals surface area contributed by atoms with E-state index in [9.17, 15) is 0 Å². The lowest BCUT2D eigenvalue weighted by atomic mass is 10.3. The summed E-state index contributed by atoms with van der Waals surface area (Å²) in [7, 11) is 0. The maximum atomic E-state index is 4.81. The predicted molar refractivity (Wildman–Crippen MR) is 48.2 cm³/mol. The van der Waals surface area contributed by atoms with Crippen LogP contribution in [0.4, 0.5) is 0 Å². The van der Waals surface area contributed by atoms with Crippen molar-refractivity contribution in [2.75, 3.05) is 6.61 Å². The molecular weight excluding hydrogens is 152 g/mol. The van der Waals surface area contributed by atoms with Gasteiger partial charge in [-0.25, -0.2) is 0 Å². The van der Waals surface area contributed by atoms with Crippen molar-refractivity contribution in [1.29, 1.82) is 0 Å². The van der Waals surface area contributed by atoms with E-state index in [1.807, 2.05) is 26.0 Å². The lowest BCUT2D eigenvalue weighted by Gasteiger charge is -1.93. The number of hydrogen-bond acceptors (Lipinski definition) is 3. The minimum absolute atomic E-state index is 0.593. The van der Waals surface area contributed by atoms with Gasteiger partial charge in [-0.3, -0.25) is 4.98 Å². The maximum Gasteiger partial charge on any atom is 0.114 e. The molecule has 0 bridgehead atoms. The van der Waals surface area contributed by atoms with E-state index in [0.717, 1.165) is 11.3 Å². The molecule has 1 aromatic rings. The summed E-state index contributed by atoms with van der Waals surface area (Å²) in [6.07, 6.45) is 3.41. The molecule has 0 atom stereocenters. The lowest BCUT2D eigenvalue weighted by molar-refractivity contribution is 0.160. The summed E-state index contributed by atoms with van der Waals surface area (Å²) in [4.78, 5) is 8.92. The second kappa shape index (κ2) is 4.49. The third-order valence-corrected chi connectivity index (χ3v) is 1.34. The zero-order valence-corrected chi connectivity index (χ0v) is 7.32. The minimum atomic E-state index is 0.593. The van der Waals surface area contributed by atoms with Crippen LogP contribution in [0.2, 0.25) is 0 Å². The van der Waals surface area contributed by atoms with Gasteiger partial charge in [0.25, 0.3) is 0 Å². The van der Waals surface area contributed by atoms with Crippen molar-refractivity contribution in [3.8, 4) is 0 Å². The molecule has 0 saturated heterocycles. The Bertz CT molecular complexity index is 254. The molecule has 64 valence electrons. The topological polar surface area (TPSA) is 34.5 Å². The third kappa shape index (κ3) is 2.70. The number of oxime groups is 1. The first-order chi connectivity index (χ1) is 5.83. The first-order valence-corrected chi connectivity index (χ1v) is 3.91. The molecule has 0 aliphatic rings. The van der Waals surface area contributed by atoms with Crippen LogP contribution in [-0.4, -0.2) is 17.8 Å². The molecule has 0 saturated carbocycles. The highest BCUT2D eigenvalue weighted by atomic mass is 16.6. The molecule has 1 aromatic heterocycles. The Hall–Kier alpha value is -1.38. The second-order valence-electron chi connectivity index (χ2n) is 2.39. The Morgan fingerprint density at radius 1 is 1.58 bits per heavy atom. The van der Waals surface area contributed by atoms with E-state index in [-0.39, 0.29) is 0 Å². The number of aryl methyl sites for hydroxylation is 1. The summed E-state index contributed by atoms with van der Waals surface area (Å²) < 4.78 is 0. The van der Waals surface area contributed by atoms with E-state index < -0.39 is 0 Å². The Morgan fingerprint density at radius 2 is 2.42 bits per heavy atom. The van der Waals surface area contributed by atoms with Crippen LogP contribution in [-0.2, 0) is 4.84 Å². The van der Waals surface area contributed by atoms with E-state index in [2.05, 4.69) is 10.1 Å². The van der Waals surface area contributed by atoms with E-state index >= 15 is 0 Å². The quantitative estimate of drug-likeness (QED) is 0.504. The molecule has 0 spiro atoms. The van der Waals surface area contributed by atoms with Crippen molar-refractivity contribution in [1.82, 2.24) is 4.98 Å². The standard InChI is InChI=1S/C9H12N2O/c1-3-12-11-7-9-5-4-8(2)10-6-9/h4-7H,3H2,1-2H3/b11-7+. The number of hydrogen-bond donors (Lipinski definition) is 0. The van der Waals surface area contributed by atoms with Gasteiger partial charge in [-0.2, -0.15) is 0 Å². The fourth-order valence-electron chi connectivity index (χ4n) is 0.728. The van der Waals surface area contributed by atoms with E-state index in [1.165, 1.54) is 0 Å². The average molecular weight is 164 g/mol. The first kappa shape index (κ1) is 8.71. The smallest absolute Gasteiger partial charge is 0.114 e. The molecule has 1 rings (SSSR count). The van der Waals surface area contributed by atoms with Gasteiger partial charge >= 0.3 is 0 Å². The SMILES string of the molecule is CCO/N=C/c1ccc(C)nc1. The minimum Gasteiger partial charge on any atom is -0.396 e. The fourth-order valence-corrected chi connectivity index (χ4v) is 0.728. The summed E-state index contributed by atoms with van der Waals surface area (Å²) in [6.45, 7) is 4.43. The monoisotopic (exact) mass is 164 g/mol. The van der Waals surface area contributed by atoms with Gasteiger partial charge in [0.05, 0.1) is 6.21 Å². The summed E-state index contributed by atoms with van der Waals surface area (Å²) >= 11 is 0. The van der Waals surface area contributed by atoms with Crippen LogP contribution in [0, 0.1) is 6.92 Å². The second-order valence-corrected chi connectivity index (χ2v) is 2.39.